The smallest absolute Gasteiger partial charge is 0.315 e. The summed E-state index contributed by atoms with van der Waals surface area (Å²) in [6.07, 6.45) is 3.43. The van der Waals surface area contributed by atoms with E-state index >= 15 is 0 Å². The Bertz CT molecular complexity index is 361. The highest BCUT2D eigenvalue weighted by atomic mass is 16.4. The van der Waals surface area contributed by atoms with E-state index in [1.165, 1.54) is 6.92 Å². The van der Waals surface area contributed by atoms with E-state index in [2.05, 4.69) is 10.4 Å². The molecule has 1 aromatic heterocycles. The van der Waals surface area contributed by atoms with E-state index in [4.69, 9.17) is 5.11 Å². The summed E-state index contributed by atoms with van der Waals surface area (Å²) in [5.41, 5.74) is 0. The summed E-state index contributed by atoms with van der Waals surface area (Å²) >= 11 is 0. The first-order valence-corrected chi connectivity index (χ1v) is 5.01. The van der Waals surface area contributed by atoms with Crippen molar-refractivity contribution in [1.29, 1.82) is 0 Å². The van der Waals surface area contributed by atoms with Gasteiger partial charge in [-0.2, -0.15) is 5.10 Å². The zero-order valence-corrected chi connectivity index (χ0v) is 9.25. The number of amides is 1. The maximum atomic E-state index is 11.4. The molecule has 0 aliphatic heterocycles. The summed E-state index contributed by atoms with van der Waals surface area (Å²) in [5, 5.41) is 15.3. The van der Waals surface area contributed by atoms with Gasteiger partial charge < -0.3 is 10.4 Å². The Morgan fingerprint density at radius 3 is 2.69 bits per heavy atom. The van der Waals surface area contributed by atoms with Crippen molar-refractivity contribution in [2.75, 3.05) is 0 Å². The van der Waals surface area contributed by atoms with Gasteiger partial charge in [0.05, 0.1) is 6.54 Å². The molecule has 1 aromatic rings. The fourth-order valence-electron chi connectivity index (χ4n) is 1.21. The van der Waals surface area contributed by atoms with Crippen LogP contribution in [0.15, 0.2) is 18.5 Å². The number of carboxylic acid groups (broad SMARTS) is 1. The number of nitrogens with one attached hydrogen (secondary N) is 1. The topological polar surface area (TPSA) is 84.2 Å². The second-order valence-corrected chi connectivity index (χ2v) is 3.70. The number of rotatable bonds is 5. The third-order valence-electron chi connectivity index (χ3n) is 2.17. The molecule has 0 fully saturated rings. The van der Waals surface area contributed by atoms with E-state index in [9.17, 15) is 9.59 Å². The van der Waals surface area contributed by atoms with Crippen molar-refractivity contribution < 1.29 is 14.7 Å². The molecule has 1 heterocycles. The van der Waals surface area contributed by atoms with Crippen LogP contribution in [0.5, 0.6) is 0 Å². The molecule has 0 saturated heterocycles. The van der Waals surface area contributed by atoms with Crippen molar-refractivity contribution in [2.24, 2.45) is 5.92 Å². The number of hydrogen-bond donors (Lipinski definition) is 2. The highest BCUT2D eigenvalue weighted by Crippen LogP contribution is 1.97. The molecule has 16 heavy (non-hydrogen) atoms. The number of aromatic nitrogens is 2. The Kier molecular flexibility index (Phi) is 4.04. The molecule has 2 atom stereocenters. The van der Waals surface area contributed by atoms with Crippen LogP contribution in [0.2, 0.25) is 0 Å². The van der Waals surface area contributed by atoms with Gasteiger partial charge in [0.25, 0.3) is 0 Å². The number of carbonyl (C=O) groups excluding carboxylic acids is 1. The minimum Gasteiger partial charge on any atom is -0.481 e. The van der Waals surface area contributed by atoms with Gasteiger partial charge in [0, 0.05) is 18.4 Å². The molecule has 0 saturated carbocycles. The molecule has 0 aromatic carbocycles. The fraction of sp³-hybridized carbons (Fsp3) is 0.500. The van der Waals surface area contributed by atoms with Crippen LogP contribution in [0.3, 0.4) is 0 Å². The zero-order valence-electron chi connectivity index (χ0n) is 9.25. The second-order valence-electron chi connectivity index (χ2n) is 3.70. The molecule has 6 nitrogen and oxygen atoms in total. The normalized spacial score (nSPS) is 14.1. The van der Waals surface area contributed by atoms with Crippen molar-refractivity contribution >= 4 is 11.9 Å². The van der Waals surface area contributed by atoms with Gasteiger partial charge in [-0.05, 0) is 19.9 Å². The molecule has 0 spiro atoms. The number of nitrogens with zero attached hydrogens (tertiary/aromatic N) is 2. The van der Waals surface area contributed by atoms with E-state index in [0.717, 1.165) is 0 Å². The summed E-state index contributed by atoms with van der Waals surface area (Å²) in [6, 6.07) is 1.63. The van der Waals surface area contributed by atoms with Gasteiger partial charge in [0.15, 0.2) is 0 Å². The van der Waals surface area contributed by atoms with E-state index < -0.39 is 17.8 Å². The predicted octanol–water partition coefficient (Wildman–Crippen LogP) is 0.108. The van der Waals surface area contributed by atoms with Crippen LogP contribution in [0, 0.1) is 5.92 Å². The van der Waals surface area contributed by atoms with Gasteiger partial charge in [-0.3, -0.25) is 14.3 Å². The Morgan fingerprint density at radius 2 is 2.19 bits per heavy atom. The second kappa shape index (κ2) is 5.29. The highest BCUT2D eigenvalue weighted by Gasteiger charge is 2.21. The van der Waals surface area contributed by atoms with Crippen molar-refractivity contribution in [1.82, 2.24) is 15.1 Å². The van der Waals surface area contributed by atoms with Crippen molar-refractivity contribution in [3.8, 4) is 0 Å². The van der Waals surface area contributed by atoms with E-state index in [-0.39, 0.29) is 6.04 Å². The lowest BCUT2D eigenvalue weighted by atomic mass is 10.1. The maximum absolute atomic E-state index is 11.4. The molecule has 0 aliphatic carbocycles. The van der Waals surface area contributed by atoms with E-state index in [1.807, 2.05) is 0 Å². The van der Waals surface area contributed by atoms with Crippen LogP contribution in [-0.4, -0.2) is 32.8 Å². The largest absolute Gasteiger partial charge is 0.481 e. The van der Waals surface area contributed by atoms with Crippen LogP contribution in [0.1, 0.15) is 13.8 Å². The molecular weight excluding hydrogens is 210 g/mol. The molecule has 2 N–H and O–H groups in total. The van der Waals surface area contributed by atoms with Crippen LogP contribution in [0.25, 0.3) is 0 Å². The maximum Gasteiger partial charge on any atom is 0.315 e. The lowest BCUT2D eigenvalue weighted by molar-refractivity contribution is -0.146. The molecule has 1 rings (SSSR count). The number of aliphatic carboxylic acids is 1. The van der Waals surface area contributed by atoms with E-state index in [1.54, 1.807) is 30.1 Å². The first kappa shape index (κ1) is 12.2. The van der Waals surface area contributed by atoms with Crippen molar-refractivity contribution in [3.05, 3.63) is 18.5 Å². The summed E-state index contributed by atoms with van der Waals surface area (Å²) in [6.45, 7) is 3.68. The Morgan fingerprint density at radius 1 is 1.50 bits per heavy atom. The summed E-state index contributed by atoms with van der Waals surface area (Å²) in [4.78, 5) is 22.0. The number of carboxylic acids is 1. The number of carbonyl (C=O) groups is 2. The lowest BCUT2D eigenvalue weighted by Crippen LogP contribution is -2.41. The minimum atomic E-state index is -1.12. The van der Waals surface area contributed by atoms with Crippen LogP contribution in [-0.2, 0) is 16.1 Å². The standard InChI is InChI=1S/C10H15N3O3/c1-7(6-13-5-3-4-11-13)12-9(14)8(2)10(15)16/h3-5,7-8H,6H2,1-2H3,(H,12,14)(H,15,16). The molecular formula is C10H15N3O3. The van der Waals surface area contributed by atoms with Gasteiger partial charge in [-0.1, -0.05) is 0 Å². The van der Waals surface area contributed by atoms with Gasteiger partial charge in [-0.15, -0.1) is 0 Å². The molecule has 0 aliphatic rings. The third kappa shape index (κ3) is 3.38. The quantitative estimate of drug-likeness (QED) is 0.696. The fourth-order valence-corrected chi connectivity index (χ4v) is 1.21. The number of hydrogen-bond acceptors (Lipinski definition) is 3. The van der Waals surface area contributed by atoms with Gasteiger partial charge in [-0.25, -0.2) is 0 Å². The first-order valence-electron chi connectivity index (χ1n) is 5.01. The highest BCUT2D eigenvalue weighted by molar-refractivity contribution is 5.96. The van der Waals surface area contributed by atoms with E-state index in [0.29, 0.717) is 6.54 Å². The molecule has 88 valence electrons. The lowest BCUT2D eigenvalue weighted by Gasteiger charge is -2.15. The third-order valence-corrected chi connectivity index (χ3v) is 2.17. The monoisotopic (exact) mass is 225 g/mol. The van der Waals surface area contributed by atoms with Gasteiger partial charge in [0.2, 0.25) is 5.91 Å². The van der Waals surface area contributed by atoms with Gasteiger partial charge in [0.1, 0.15) is 5.92 Å². The molecule has 1 amide bonds. The zero-order chi connectivity index (χ0) is 12.1. The predicted molar refractivity (Wildman–Crippen MR) is 56.6 cm³/mol. The average Bonchev–Trinajstić information content (AvgIpc) is 2.68. The molecule has 0 bridgehead atoms. The SMILES string of the molecule is CC(Cn1cccn1)NC(=O)C(C)C(=O)O. The Hall–Kier alpha value is -1.85. The summed E-state index contributed by atoms with van der Waals surface area (Å²) in [7, 11) is 0. The molecule has 0 radical (unpaired) electrons. The summed E-state index contributed by atoms with van der Waals surface area (Å²) in [5.74, 6) is -2.63. The minimum absolute atomic E-state index is 0.158. The Balaban J connectivity index is 2.42. The average molecular weight is 225 g/mol. The first-order chi connectivity index (χ1) is 7.50. The van der Waals surface area contributed by atoms with Crippen molar-refractivity contribution in [2.45, 2.75) is 26.4 Å². The van der Waals surface area contributed by atoms with Crippen molar-refractivity contribution in [3.63, 3.8) is 0 Å². The van der Waals surface area contributed by atoms with Crippen LogP contribution < -0.4 is 5.32 Å². The summed E-state index contributed by atoms with van der Waals surface area (Å²) < 4.78 is 1.68. The molecule has 2 unspecified atom stereocenters. The van der Waals surface area contributed by atoms with Crippen LogP contribution >= 0.6 is 0 Å². The Labute approximate surface area is 93.3 Å². The molecule has 6 heteroatoms. The van der Waals surface area contributed by atoms with Gasteiger partial charge >= 0.3 is 5.97 Å². The van der Waals surface area contributed by atoms with Crippen LogP contribution in [0.4, 0.5) is 0 Å².